The molecule has 6 atom stereocenters. The summed E-state index contributed by atoms with van der Waals surface area (Å²) in [6, 6.07) is 8.54. The van der Waals surface area contributed by atoms with Crippen LogP contribution in [0.3, 0.4) is 0 Å². The molecular formula is C34H45N3O2. The van der Waals surface area contributed by atoms with Gasteiger partial charge < -0.3 is 9.30 Å². The van der Waals surface area contributed by atoms with Crippen molar-refractivity contribution >= 4 is 28.9 Å². The highest BCUT2D eigenvalue weighted by Gasteiger charge is 2.58. The summed E-state index contributed by atoms with van der Waals surface area (Å²) in [7, 11) is 0. The van der Waals surface area contributed by atoms with E-state index in [1.54, 1.807) is 12.5 Å². The van der Waals surface area contributed by atoms with Gasteiger partial charge in [0.05, 0.1) is 11.0 Å². The largest absolute Gasteiger partial charge is 0.462 e. The van der Waals surface area contributed by atoms with Crippen molar-refractivity contribution in [2.24, 2.45) is 39.5 Å². The lowest BCUT2D eigenvalue weighted by molar-refractivity contribution is -0.148. The molecule has 5 heteroatoms. The maximum Gasteiger partial charge on any atom is 0.302 e. The number of carbonyl (C=O) groups is 1. The van der Waals surface area contributed by atoms with Crippen LogP contribution in [-0.4, -0.2) is 34.4 Å². The minimum Gasteiger partial charge on any atom is -0.462 e. The molecule has 208 valence electrons. The Hall–Kier alpha value is -2.69. The molecule has 0 bridgehead atoms. The monoisotopic (exact) mass is 527 g/mol. The number of fused-ring (bicyclic) bond motifs is 6. The Morgan fingerprint density at radius 3 is 2.74 bits per heavy atom. The van der Waals surface area contributed by atoms with E-state index in [0.717, 1.165) is 50.6 Å². The van der Waals surface area contributed by atoms with Gasteiger partial charge in [0, 0.05) is 37.2 Å². The van der Waals surface area contributed by atoms with Crippen LogP contribution in [0.2, 0.25) is 0 Å². The van der Waals surface area contributed by atoms with Crippen LogP contribution in [0.25, 0.3) is 16.7 Å². The van der Waals surface area contributed by atoms with Crippen molar-refractivity contribution in [1.82, 2.24) is 9.55 Å². The molecule has 0 radical (unpaired) electrons. The van der Waals surface area contributed by atoms with E-state index in [4.69, 9.17) is 14.7 Å². The molecular weight excluding hydrogens is 482 g/mol. The summed E-state index contributed by atoms with van der Waals surface area (Å²) in [5.74, 6) is 2.46. The quantitative estimate of drug-likeness (QED) is 0.218. The molecule has 0 spiro atoms. The fourth-order valence-corrected chi connectivity index (χ4v) is 8.84. The van der Waals surface area contributed by atoms with Gasteiger partial charge in [0.15, 0.2) is 0 Å². The van der Waals surface area contributed by atoms with Gasteiger partial charge in [-0.3, -0.25) is 9.79 Å². The van der Waals surface area contributed by atoms with E-state index in [2.05, 4.69) is 75.1 Å². The van der Waals surface area contributed by atoms with E-state index in [1.807, 2.05) is 0 Å². The number of rotatable bonds is 6. The van der Waals surface area contributed by atoms with Gasteiger partial charge in [0.25, 0.3) is 0 Å². The number of hydrogen-bond donors (Lipinski definition) is 0. The van der Waals surface area contributed by atoms with Gasteiger partial charge in [-0.05, 0) is 91.7 Å². The van der Waals surface area contributed by atoms with Gasteiger partial charge in [0.1, 0.15) is 12.4 Å². The summed E-state index contributed by atoms with van der Waals surface area (Å²) >= 11 is 0. The number of carbonyl (C=O) groups excluding carboxylic acids is 1. The van der Waals surface area contributed by atoms with E-state index in [1.165, 1.54) is 29.6 Å². The van der Waals surface area contributed by atoms with Gasteiger partial charge >= 0.3 is 5.97 Å². The molecule has 1 unspecified atom stereocenters. The average Bonchev–Trinajstić information content (AvgIpc) is 3.44. The summed E-state index contributed by atoms with van der Waals surface area (Å²) in [4.78, 5) is 21.4. The van der Waals surface area contributed by atoms with Crippen LogP contribution in [0.1, 0.15) is 86.0 Å². The first kappa shape index (κ1) is 26.5. The third-order valence-electron chi connectivity index (χ3n) is 10.8. The number of aromatic nitrogens is 2. The molecule has 1 heterocycles. The molecule has 5 nitrogen and oxygen atoms in total. The number of nitrogens with zero attached hydrogens (tertiary/aromatic N) is 3. The Balaban J connectivity index is 1.35. The van der Waals surface area contributed by atoms with E-state index in [9.17, 15) is 4.79 Å². The smallest absolute Gasteiger partial charge is 0.302 e. The lowest BCUT2D eigenvalue weighted by atomic mass is 9.47. The van der Waals surface area contributed by atoms with Gasteiger partial charge in [-0.2, -0.15) is 0 Å². The summed E-state index contributed by atoms with van der Waals surface area (Å²) in [6.07, 6.45) is 15.7. The van der Waals surface area contributed by atoms with Crippen LogP contribution in [0, 0.1) is 34.5 Å². The Labute approximate surface area is 233 Å². The molecule has 0 aliphatic heterocycles. The topological polar surface area (TPSA) is 56.5 Å². The Morgan fingerprint density at radius 1 is 1.15 bits per heavy atom. The maximum atomic E-state index is 11.6. The second-order valence-electron chi connectivity index (χ2n) is 13.6. The van der Waals surface area contributed by atoms with Crippen molar-refractivity contribution in [3.05, 3.63) is 47.8 Å². The van der Waals surface area contributed by atoms with Gasteiger partial charge in [-0.1, -0.05) is 51.5 Å². The molecule has 1 aromatic carbocycles. The second kappa shape index (κ2) is 10.1. The van der Waals surface area contributed by atoms with Crippen molar-refractivity contribution in [3.8, 4) is 0 Å². The molecule has 2 fully saturated rings. The Morgan fingerprint density at radius 2 is 1.95 bits per heavy atom. The van der Waals surface area contributed by atoms with Crippen molar-refractivity contribution in [2.75, 3.05) is 6.54 Å². The third-order valence-corrected chi connectivity index (χ3v) is 10.8. The summed E-state index contributed by atoms with van der Waals surface area (Å²) in [5, 5.41) is 0. The molecule has 4 aliphatic rings. The normalized spacial score (nSPS) is 34.3. The lowest BCUT2D eigenvalue weighted by Crippen LogP contribution is -2.50. The standard InChI is InChI=1S/C34H45N3O2/c1-22(2)14-17-35-20-24-18-29-27-11-10-25-19-26(39-23(3)38)12-15-33(25,4)28(27)13-16-34(29,5)32(24)37-21-36-30-8-6-7-9-31(30)37/h6-10,20-22,26-29H,11-19H2,1-5H3/b35-20-/t26?,27-,28+,29+,33+,34+/m1/s1. The van der Waals surface area contributed by atoms with Crippen molar-refractivity contribution in [3.63, 3.8) is 0 Å². The number of esters is 1. The van der Waals surface area contributed by atoms with Crippen LogP contribution >= 0.6 is 0 Å². The molecule has 6 rings (SSSR count). The summed E-state index contributed by atoms with van der Waals surface area (Å²) in [5.41, 5.74) is 6.97. The first-order chi connectivity index (χ1) is 18.7. The molecule has 2 aromatic rings. The lowest BCUT2D eigenvalue weighted by Gasteiger charge is -2.57. The van der Waals surface area contributed by atoms with Crippen molar-refractivity contribution in [1.29, 1.82) is 0 Å². The Kier molecular flexibility index (Phi) is 6.84. The zero-order valence-electron chi connectivity index (χ0n) is 24.5. The van der Waals surface area contributed by atoms with Crippen LogP contribution < -0.4 is 0 Å². The molecule has 1 aromatic heterocycles. The molecule has 39 heavy (non-hydrogen) atoms. The SMILES string of the molecule is CC(=O)OC1CC[C@@]2(C)C(=CC[C@@H]3[C@@H]2CC[C@]2(C)C(n4cnc5ccccc54)=C(/C=N\CCC(C)C)C[C@@H]32)C1. The van der Waals surface area contributed by atoms with E-state index < -0.39 is 0 Å². The predicted octanol–water partition coefficient (Wildman–Crippen LogP) is 7.87. The summed E-state index contributed by atoms with van der Waals surface area (Å²) < 4.78 is 8.06. The maximum absolute atomic E-state index is 11.6. The van der Waals surface area contributed by atoms with Crippen LogP contribution in [0.15, 0.2) is 52.8 Å². The van der Waals surface area contributed by atoms with Gasteiger partial charge in [-0.25, -0.2) is 4.98 Å². The first-order valence-electron chi connectivity index (χ1n) is 15.2. The fraction of sp³-hybridized carbons (Fsp3) is 0.618. The molecule has 0 amide bonds. The minimum absolute atomic E-state index is 0.0511. The highest BCUT2D eigenvalue weighted by atomic mass is 16.5. The highest BCUT2D eigenvalue weighted by molar-refractivity contribution is 5.92. The number of allylic oxidation sites excluding steroid dienone is 3. The molecule has 0 N–H and O–H groups in total. The highest BCUT2D eigenvalue weighted by Crippen LogP contribution is 2.66. The fourth-order valence-electron chi connectivity index (χ4n) is 8.84. The number of ether oxygens (including phenoxy) is 1. The van der Waals surface area contributed by atoms with Crippen LogP contribution in [-0.2, 0) is 9.53 Å². The predicted molar refractivity (Wildman–Crippen MR) is 158 cm³/mol. The Bertz CT molecular complexity index is 1350. The first-order valence-corrected chi connectivity index (χ1v) is 15.2. The number of imidazole rings is 1. The van der Waals surface area contributed by atoms with Crippen LogP contribution in [0.5, 0.6) is 0 Å². The number of benzene rings is 1. The van der Waals surface area contributed by atoms with E-state index in [0.29, 0.717) is 23.7 Å². The molecule has 0 saturated heterocycles. The van der Waals surface area contributed by atoms with Crippen molar-refractivity contribution < 1.29 is 9.53 Å². The van der Waals surface area contributed by atoms with Gasteiger partial charge in [-0.15, -0.1) is 0 Å². The number of hydrogen-bond acceptors (Lipinski definition) is 4. The zero-order valence-corrected chi connectivity index (χ0v) is 24.5. The second-order valence-corrected chi connectivity index (χ2v) is 13.6. The summed E-state index contributed by atoms with van der Waals surface area (Å²) in [6.45, 7) is 12.0. The number of aliphatic imine (C=N–C) groups is 1. The number of para-hydroxylation sites is 2. The van der Waals surface area contributed by atoms with Crippen molar-refractivity contribution in [2.45, 2.75) is 92.1 Å². The van der Waals surface area contributed by atoms with E-state index >= 15 is 0 Å². The zero-order chi connectivity index (χ0) is 27.4. The molecule has 2 saturated carbocycles. The van der Waals surface area contributed by atoms with Crippen LogP contribution in [0.4, 0.5) is 0 Å². The van der Waals surface area contributed by atoms with Gasteiger partial charge in [0.2, 0.25) is 0 Å². The van der Waals surface area contributed by atoms with E-state index in [-0.39, 0.29) is 22.9 Å². The molecule has 4 aliphatic carbocycles. The third kappa shape index (κ3) is 4.50. The minimum atomic E-state index is -0.148. The average molecular weight is 528 g/mol.